The highest BCUT2D eigenvalue weighted by molar-refractivity contribution is 5.96. The molecule has 1 aromatic carbocycles. The third kappa shape index (κ3) is 9.50. The van der Waals surface area contributed by atoms with Crippen molar-refractivity contribution in [1.82, 2.24) is 20.6 Å². The molecule has 0 atom stereocenters. The van der Waals surface area contributed by atoms with E-state index in [9.17, 15) is 9.59 Å². The highest BCUT2D eigenvalue weighted by Crippen LogP contribution is 2.24. The SMILES string of the molecule is CCc1nc(C(N)=O)c(Nc2cccc(CCNC=O)c2)nc1NC1CCOCC1.CNC(C)C. The van der Waals surface area contributed by atoms with Gasteiger partial charge in [0.25, 0.3) is 5.91 Å². The maximum atomic E-state index is 12.0. The summed E-state index contributed by atoms with van der Waals surface area (Å²) in [6.45, 7) is 8.16. The van der Waals surface area contributed by atoms with Gasteiger partial charge in [-0.1, -0.05) is 32.9 Å². The van der Waals surface area contributed by atoms with Crippen LogP contribution in [0.3, 0.4) is 0 Å². The monoisotopic (exact) mass is 485 g/mol. The van der Waals surface area contributed by atoms with Crippen molar-refractivity contribution in [2.75, 3.05) is 37.4 Å². The molecule has 2 amide bonds. The van der Waals surface area contributed by atoms with Gasteiger partial charge in [-0.3, -0.25) is 9.59 Å². The van der Waals surface area contributed by atoms with Crippen molar-refractivity contribution in [3.05, 3.63) is 41.2 Å². The van der Waals surface area contributed by atoms with E-state index >= 15 is 0 Å². The summed E-state index contributed by atoms with van der Waals surface area (Å²) < 4.78 is 5.42. The van der Waals surface area contributed by atoms with E-state index in [2.05, 4.69) is 45.1 Å². The number of nitrogens with one attached hydrogen (secondary N) is 4. The zero-order valence-electron chi connectivity index (χ0n) is 21.2. The summed E-state index contributed by atoms with van der Waals surface area (Å²) in [4.78, 5) is 31.6. The van der Waals surface area contributed by atoms with Crippen LogP contribution < -0.4 is 27.0 Å². The molecule has 35 heavy (non-hydrogen) atoms. The Hall–Kier alpha value is -3.24. The molecule has 1 aliphatic rings. The van der Waals surface area contributed by atoms with Crippen molar-refractivity contribution >= 4 is 29.6 Å². The number of hydrogen-bond donors (Lipinski definition) is 5. The molecule has 0 radical (unpaired) electrons. The number of nitrogens with zero attached hydrogens (tertiary/aromatic N) is 2. The van der Waals surface area contributed by atoms with Crippen LogP contribution in [-0.4, -0.2) is 61.2 Å². The Labute approximate surface area is 207 Å². The standard InChI is InChI=1S/C21H28N6O3.C4H11N/c1-2-17-20(24-15-7-10-30-11-8-15)27-21(18(26-17)19(22)29)25-16-5-3-4-14(12-16)6-9-23-13-28;1-4(2)5-3/h3-5,12-13,15H,2,6-11H2,1H3,(H2,22,29)(H,23,28)(H2,24,25,27);4-5H,1-3H3. The number of ether oxygens (including phenoxy) is 1. The average Bonchev–Trinajstić information content (AvgIpc) is 2.85. The molecule has 10 nitrogen and oxygen atoms in total. The minimum atomic E-state index is -0.636. The van der Waals surface area contributed by atoms with E-state index in [-0.39, 0.29) is 11.7 Å². The maximum absolute atomic E-state index is 12.0. The van der Waals surface area contributed by atoms with E-state index in [4.69, 9.17) is 10.5 Å². The number of aryl methyl sites for hydroxylation is 1. The van der Waals surface area contributed by atoms with Gasteiger partial charge in [0.15, 0.2) is 17.3 Å². The molecular weight excluding hydrogens is 446 g/mol. The molecule has 1 aliphatic heterocycles. The van der Waals surface area contributed by atoms with Gasteiger partial charge in [0.1, 0.15) is 0 Å². The lowest BCUT2D eigenvalue weighted by Crippen LogP contribution is -2.29. The van der Waals surface area contributed by atoms with Gasteiger partial charge >= 0.3 is 0 Å². The van der Waals surface area contributed by atoms with Gasteiger partial charge in [0.2, 0.25) is 6.41 Å². The zero-order valence-corrected chi connectivity index (χ0v) is 21.2. The van der Waals surface area contributed by atoms with Crippen molar-refractivity contribution in [2.45, 2.75) is 58.5 Å². The fraction of sp³-hybridized carbons (Fsp3) is 0.520. The summed E-state index contributed by atoms with van der Waals surface area (Å²) in [5.74, 6) is 0.337. The Morgan fingerprint density at radius 3 is 2.54 bits per heavy atom. The first kappa shape index (κ1) is 28.0. The van der Waals surface area contributed by atoms with Gasteiger partial charge in [-0.2, -0.15) is 0 Å². The quantitative estimate of drug-likeness (QED) is 0.241. The van der Waals surface area contributed by atoms with E-state index < -0.39 is 5.91 Å². The first-order valence-electron chi connectivity index (χ1n) is 12.1. The second-order valence-corrected chi connectivity index (χ2v) is 8.56. The molecule has 3 rings (SSSR count). The van der Waals surface area contributed by atoms with Crippen molar-refractivity contribution < 1.29 is 14.3 Å². The predicted octanol–water partition coefficient (Wildman–Crippen LogP) is 2.38. The molecule has 0 aliphatic carbocycles. The highest BCUT2D eigenvalue weighted by Gasteiger charge is 2.20. The summed E-state index contributed by atoms with van der Waals surface area (Å²) in [6, 6.07) is 8.57. The third-order valence-electron chi connectivity index (χ3n) is 5.51. The molecular formula is C25H39N7O3. The van der Waals surface area contributed by atoms with Crippen molar-refractivity contribution in [3.63, 3.8) is 0 Å². The maximum Gasteiger partial charge on any atom is 0.271 e. The Bertz CT molecular complexity index is 947. The molecule has 0 unspecified atom stereocenters. The Morgan fingerprint density at radius 2 is 1.94 bits per heavy atom. The van der Waals surface area contributed by atoms with Crippen LogP contribution in [0.2, 0.25) is 0 Å². The number of nitrogens with two attached hydrogens (primary N) is 1. The largest absolute Gasteiger partial charge is 0.381 e. The van der Waals surface area contributed by atoms with Gasteiger partial charge in [-0.25, -0.2) is 9.97 Å². The third-order valence-corrected chi connectivity index (χ3v) is 5.51. The number of carbonyl (C=O) groups excluding carboxylic acids is 2. The molecule has 6 N–H and O–H groups in total. The highest BCUT2D eigenvalue weighted by atomic mass is 16.5. The van der Waals surface area contributed by atoms with Crippen LogP contribution in [-0.2, 0) is 22.4 Å². The normalized spacial score (nSPS) is 13.5. The predicted molar refractivity (Wildman–Crippen MR) is 139 cm³/mol. The van der Waals surface area contributed by atoms with Crippen LogP contribution in [0.15, 0.2) is 24.3 Å². The van der Waals surface area contributed by atoms with Crippen LogP contribution in [0.5, 0.6) is 0 Å². The number of benzene rings is 1. The molecule has 1 aromatic heterocycles. The van der Waals surface area contributed by atoms with E-state index in [1.807, 2.05) is 38.2 Å². The van der Waals surface area contributed by atoms with Crippen LogP contribution in [0.1, 0.15) is 55.4 Å². The van der Waals surface area contributed by atoms with Crippen LogP contribution in [0.25, 0.3) is 0 Å². The fourth-order valence-corrected chi connectivity index (χ4v) is 3.34. The lowest BCUT2D eigenvalue weighted by molar-refractivity contribution is -0.109. The summed E-state index contributed by atoms with van der Waals surface area (Å²) in [5, 5.41) is 12.3. The van der Waals surface area contributed by atoms with Crippen LogP contribution in [0.4, 0.5) is 17.3 Å². The first-order valence-corrected chi connectivity index (χ1v) is 12.1. The Kier molecular flexibility index (Phi) is 11.9. The van der Waals surface area contributed by atoms with E-state index in [1.165, 1.54) is 0 Å². The van der Waals surface area contributed by atoms with Crippen LogP contribution >= 0.6 is 0 Å². The van der Waals surface area contributed by atoms with Gasteiger partial charge in [0.05, 0.1) is 5.69 Å². The zero-order chi connectivity index (χ0) is 25.6. The lowest BCUT2D eigenvalue weighted by Gasteiger charge is -2.25. The molecule has 0 bridgehead atoms. The summed E-state index contributed by atoms with van der Waals surface area (Å²) >= 11 is 0. The number of amides is 2. The number of anilines is 3. The molecule has 1 fully saturated rings. The summed E-state index contributed by atoms with van der Waals surface area (Å²) in [6.07, 6.45) is 3.77. The van der Waals surface area contributed by atoms with Gasteiger partial charge < -0.3 is 31.7 Å². The first-order chi connectivity index (χ1) is 16.9. The molecule has 1 saturated heterocycles. The minimum Gasteiger partial charge on any atom is -0.381 e. The number of rotatable bonds is 11. The fourth-order valence-electron chi connectivity index (χ4n) is 3.34. The second-order valence-electron chi connectivity index (χ2n) is 8.56. The van der Waals surface area contributed by atoms with E-state index in [0.717, 1.165) is 24.1 Å². The molecule has 10 heteroatoms. The van der Waals surface area contributed by atoms with Crippen LogP contribution in [0, 0.1) is 0 Å². The van der Waals surface area contributed by atoms with Gasteiger partial charge in [-0.15, -0.1) is 0 Å². The van der Waals surface area contributed by atoms with Gasteiger partial charge in [0, 0.05) is 37.5 Å². The average molecular weight is 486 g/mol. The van der Waals surface area contributed by atoms with E-state index in [1.54, 1.807) is 0 Å². The summed E-state index contributed by atoms with van der Waals surface area (Å²) in [5.41, 5.74) is 8.19. The summed E-state index contributed by atoms with van der Waals surface area (Å²) in [7, 11) is 1.95. The number of primary amides is 1. The van der Waals surface area contributed by atoms with Crippen molar-refractivity contribution in [3.8, 4) is 0 Å². The molecule has 0 spiro atoms. The lowest BCUT2D eigenvalue weighted by atomic mass is 10.1. The molecule has 192 valence electrons. The Balaban J connectivity index is 0.000000784. The van der Waals surface area contributed by atoms with Crippen molar-refractivity contribution in [1.29, 1.82) is 0 Å². The molecule has 2 heterocycles. The molecule has 0 saturated carbocycles. The number of aromatic nitrogens is 2. The van der Waals surface area contributed by atoms with Crippen molar-refractivity contribution in [2.24, 2.45) is 5.73 Å². The molecule has 2 aromatic rings. The second kappa shape index (κ2) is 14.9. The number of carbonyl (C=O) groups is 2. The topological polar surface area (TPSA) is 143 Å². The smallest absolute Gasteiger partial charge is 0.271 e. The van der Waals surface area contributed by atoms with Gasteiger partial charge in [-0.05, 0) is 50.4 Å². The number of hydrogen-bond acceptors (Lipinski definition) is 8. The minimum absolute atomic E-state index is 0.109. The van der Waals surface area contributed by atoms with E-state index in [0.29, 0.717) is 62.4 Å². The Morgan fingerprint density at radius 1 is 1.23 bits per heavy atom.